The summed E-state index contributed by atoms with van der Waals surface area (Å²) >= 11 is 0. The summed E-state index contributed by atoms with van der Waals surface area (Å²) in [6.07, 6.45) is -0.441. The number of carboxylic acids is 2. The van der Waals surface area contributed by atoms with E-state index in [-0.39, 0.29) is 13.2 Å². The van der Waals surface area contributed by atoms with E-state index in [4.69, 9.17) is 9.47 Å². The van der Waals surface area contributed by atoms with Crippen molar-refractivity contribution in [3.63, 3.8) is 0 Å². The second kappa shape index (κ2) is 11.9. The monoisotopic (exact) mass is 386 g/mol. The molecule has 0 spiro atoms. The minimum absolute atomic E-state index is 0.142. The Morgan fingerprint density at radius 2 is 1.04 bits per heavy atom. The molecule has 0 aliphatic carbocycles. The van der Waals surface area contributed by atoms with Crippen LogP contribution in [0.25, 0.3) is 0 Å². The fourth-order valence-corrected chi connectivity index (χ4v) is 2.84. The average Bonchev–Trinajstić information content (AvgIpc) is 2.70. The van der Waals surface area contributed by atoms with E-state index in [1.807, 2.05) is 60.7 Å². The van der Waals surface area contributed by atoms with Gasteiger partial charge in [-0.1, -0.05) is 60.7 Å². The highest BCUT2D eigenvalue weighted by molar-refractivity contribution is 5.83. The fourth-order valence-electron chi connectivity index (χ4n) is 2.84. The molecule has 150 valence electrons. The highest BCUT2D eigenvalue weighted by Gasteiger charge is 2.35. The number of benzene rings is 2. The summed E-state index contributed by atoms with van der Waals surface area (Å²) in [6, 6.07) is 19.5. The lowest BCUT2D eigenvalue weighted by Gasteiger charge is -2.21. The molecule has 2 aromatic carbocycles. The minimum Gasteiger partial charge on any atom is -0.479 e. The van der Waals surface area contributed by atoms with E-state index in [1.165, 1.54) is 0 Å². The molecule has 2 atom stereocenters. The van der Waals surface area contributed by atoms with Gasteiger partial charge in [-0.05, 0) is 36.8 Å². The van der Waals surface area contributed by atoms with E-state index in [9.17, 15) is 19.8 Å². The van der Waals surface area contributed by atoms with Crippen molar-refractivity contribution in [3.05, 3.63) is 71.8 Å². The van der Waals surface area contributed by atoms with Crippen molar-refractivity contribution in [2.75, 3.05) is 13.2 Å². The zero-order chi connectivity index (χ0) is 20.2. The first-order valence-electron chi connectivity index (χ1n) is 9.34. The van der Waals surface area contributed by atoms with Crippen LogP contribution in [0, 0.1) is 0 Å². The molecule has 0 fully saturated rings. The summed E-state index contributed by atoms with van der Waals surface area (Å²) in [6.45, 7) is 0.284. The Kier molecular flexibility index (Phi) is 9.18. The SMILES string of the molecule is O=C(O)[C@H](OCCCc1ccccc1)[C@@H](OCCCc1ccccc1)C(=O)O. The first-order valence-corrected chi connectivity index (χ1v) is 9.34. The molecule has 2 aromatic rings. The Morgan fingerprint density at radius 1 is 0.679 bits per heavy atom. The van der Waals surface area contributed by atoms with E-state index >= 15 is 0 Å². The Balaban J connectivity index is 1.79. The number of carbonyl (C=O) groups is 2. The number of rotatable bonds is 13. The van der Waals surface area contributed by atoms with Gasteiger partial charge in [0.15, 0.2) is 12.2 Å². The second-order valence-corrected chi connectivity index (χ2v) is 6.44. The first kappa shape index (κ1) is 21.6. The maximum Gasteiger partial charge on any atom is 0.336 e. The van der Waals surface area contributed by atoms with Gasteiger partial charge in [-0.2, -0.15) is 0 Å². The molecule has 6 nitrogen and oxygen atoms in total. The molecule has 0 radical (unpaired) electrons. The summed E-state index contributed by atoms with van der Waals surface area (Å²) in [5.74, 6) is -2.68. The normalized spacial score (nSPS) is 13.0. The molecule has 0 saturated heterocycles. The number of hydrogen-bond donors (Lipinski definition) is 2. The number of aliphatic carboxylic acids is 2. The predicted molar refractivity (Wildman–Crippen MR) is 104 cm³/mol. The zero-order valence-corrected chi connectivity index (χ0v) is 15.7. The topological polar surface area (TPSA) is 93.1 Å². The van der Waals surface area contributed by atoms with Gasteiger partial charge in [0.05, 0.1) is 0 Å². The molecule has 0 bridgehead atoms. The van der Waals surface area contributed by atoms with E-state index in [0.717, 1.165) is 24.0 Å². The van der Waals surface area contributed by atoms with Crippen LogP contribution in [0.3, 0.4) is 0 Å². The van der Waals surface area contributed by atoms with E-state index in [0.29, 0.717) is 12.8 Å². The van der Waals surface area contributed by atoms with Crippen molar-refractivity contribution in [1.82, 2.24) is 0 Å². The van der Waals surface area contributed by atoms with Crippen LogP contribution in [0.1, 0.15) is 24.0 Å². The number of ether oxygens (including phenoxy) is 2. The maximum absolute atomic E-state index is 11.5. The van der Waals surface area contributed by atoms with E-state index < -0.39 is 24.1 Å². The van der Waals surface area contributed by atoms with Crippen LogP contribution in [0.15, 0.2) is 60.7 Å². The Labute approximate surface area is 164 Å². The van der Waals surface area contributed by atoms with Crippen LogP contribution in [-0.4, -0.2) is 47.6 Å². The molecule has 0 aromatic heterocycles. The molecule has 0 aliphatic rings. The van der Waals surface area contributed by atoms with Crippen molar-refractivity contribution >= 4 is 11.9 Å². The third-order valence-corrected chi connectivity index (χ3v) is 4.26. The van der Waals surface area contributed by atoms with Gasteiger partial charge < -0.3 is 19.7 Å². The fraction of sp³-hybridized carbons (Fsp3) is 0.364. The van der Waals surface area contributed by atoms with E-state index in [2.05, 4.69) is 0 Å². The standard InChI is InChI=1S/C22H26O6/c23-21(24)19(27-15-7-13-17-9-3-1-4-10-17)20(22(25)26)28-16-8-14-18-11-5-2-6-12-18/h1-6,9-12,19-20H,7-8,13-16H2,(H,23,24)(H,25,26)/t19-,20-/m1/s1. The molecule has 0 saturated carbocycles. The lowest BCUT2D eigenvalue weighted by atomic mass is 10.1. The largest absolute Gasteiger partial charge is 0.479 e. The zero-order valence-electron chi connectivity index (χ0n) is 15.7. The lowest BCUT2D eigenvalue weighted by molar-refractivity contribution is -0.176. The third-order valence-electron chi connectivity index (χ3n) is 4.26. The van der Waals surface area contributed by atoms with Crippen molar-refractivity contribution < 1.29 is 29.3 Å². The summed E-state index contributed by atoms with van der Waals surface area (Å²) < 4.78 is 10.7. The molecule has 2 rings (SSSR count). The smallest absolute Gasteiger partial charge is 0.336 e. The lowest BCUT2D eigenvalue weighted by Crippen LogP contribution is -2.44. The molecule has 6 heteroatoms. The first-order chi connectivity index (χ1) is 13.6. The van der Waals surface area contributed by atoms with Gasteiger partial charge in [0.25, 0.3) is 0 Å². The summed E-state index contributed by atoms with van der Waals surface area (Å²) in [5.41, 5.74) is 2.23. The Morgan fingerprint density at radius 3 is 1.36 bits per heavy atom. The average molecular weight is 386 g/mol. The second-order valence-electron chi connectivity index (χ2n) is 6.44. The molecule has 28 heavy (non-hydrogen) atoms. The predicted octanol–water partition coefficient (Wildman–Crippen LogP) is 3.19. The summed E-state index contributed by atoms with van der Waals surface area (Å²) in [5, 5.41) is 18.8. The Bertz CT molecular complexity index is 653. The van der Waals surface area contributed by atoms with Gasteiger partial charge in [0.2, 0.25) is 0 Å². The van der Waals surface area contributed by atoms with Crippen molar-refractivity contribution in [2.45, 2.75) is 37.9 Å². The van der Waals surface area contributed by atoms with Crippen LogP contribution in [0.2, 0.25) is 0 Å². The highest BCUT2D eigenvalue weighted by atomic mass is 16.6. The van der Waals surface area contributed by atoms with Gasteiger partial charge in [-0.25, -0.2) is 9.59 Å². The van der Waals surface area contributed by atoms with Crippen LogP contribution in [0.4, 0.5) is 0 Å². The summed E-state index contributed by atoms with van der Waals surface area (Å²) in [7, 11) is 0. The van der Waals surface area contributed by atoms with Crippen molar-refractivity contribution in [1.29, 1.82) is 0 Å². The third kappa shape index (κ3) is 7.50. The van der Waals surface area contributed by atoms with Gasteiger partial charge in [-0.15, -0.1) is 0 Å². The van der Waals surface area contributed by atoms with Gasteiger partial charge >= 0.3 is 11.9 Å². The van der Waals surface area contributed by atoms with Crippen LogP contribution in [0.5, 0.6) is 0 Å². The minimum atomic E-state index is -1.54. The van der Waals surface area contributed by atoms with Gasteiger partial charge in [0.1, 0.15) is 0 Å². The van der Waals surface area contributed by atoms with Crippen molar-refractivity contribution in [2.24, 2.45) is 0 Å². The summed E-state index contributed by atoms with van der Waals surface area (Å²) in [4.78, 5) is 23.0. The maximum atomic E-state index is 11.5. The molecule has 0 heterocycles. The highest BCUT2D eigenvalue weighted by Crippen LogP contribution is 2.10. The van der Waals surface area contributed by atoms with Crippen LogP contribution < -0.4 is 0 Å². The quantitative estimate of drug-likeness (QED) is 0.514. The molecule has 0 amide bonds. The van der Waals surface area contributed by atoms with E-state index in [1.54, 1.807) is 0 Å². The number of carboxylic acid groups (broad SMARTS) is 2. The molecule has 0 aliphatic heterocycles. The Hall–Kier alpha value is -2.70. The van der Waals surface area contributed by atoms with Crippen LogP contribution in [-0.2, 0) is 31.9 Å². The number of hydrogen-bond acceptors (Lipinski definition) is 4. The van der Waals surface area contributed by atoms with Gasteiger partial charge in [-0.3, -0.25) is 0 Å². The molecule has 0 unspecified atom stereocenters. The molecular formula is C22H26O6. The van der Waals surface area contributed by atoms with Crippen LogP contribution >= 0.6 is 0 Å². The van der Waals surface area contributed by atoms with Crippen molar-refractivity contribution in [3.8, 4) is 0 Å². The number of aryl methyl sites for hydroxylation is 2. The molecule has 2 N–H and O–H groups in total. The molecular weight excluding hydrogens is 360 g/mol. The van der Waals surface area contributed by atoms with Gasteiger partial charge in [0, 0.05) is 13.2 Å².